The van der Waals surface area contributed by atoms with Crippen LogP contribution >= 0.6 is 15.9 Å². The molecule has 0 spiro atoms. The van der Waals surface area contributed by atoms with Gasteiger partial charge in [0, 0.05) is 38.9 Å². The first kappa shape index (κ1) is 13.8. The minimum atomic E-state index is 0.582. The lowest BCUT2D eigenvalue weighted by molar-refractivity contribution is 0.226. The molecule has 100 valence electrons. The van der Waals surface area contributed by atoms with Crippen molar-refractivity contribution >= 4 is 21.7 Å². The summed E-state index contributed by atoms with van der Waals surface area (Å²) in [4.78, 5) is 9.28. The number of aromatic nitrogens is 1. The zero-order valence-corrected chi connectivity index (χ0v) is 12.4. The van der Waals surface area contributed by atoms with E-state index < -0.39 is 0 Å². The molecule has 2 N–H and O–H groups in total. The molecule has 1 atom stereocenters. The van der Waals surface area contributed by atoms with E-state index in [-0.39, 0.29) is 0 Å². The number of piperazine rings is 1. The van der Waals surface area contributed by atoms with E-state index in [2.05, 4.69) is 37.6 Å². The molecule has 0 aliphatic carbocycles. The summed E-state index contributed by atoms with van der Waals surface area (Å²) in [6, 6.07) is 4.00. The maximum Gasteiger partial charge on any atom is 0.142 e. The van der Waals surface area contributed by atoms with Crippen LogP contribution in [0, 0.1) is 5.92 Å². The fourth-order valence-electron chi connectivity index (χ4n) is 2.27. The van der Waals surface area contributed by atoms with Crippen molar-refractivity contribution in [2.24, 2.45) is 11.7 Å². The number of nitrogens with two attached hydrogens (primary N) is 1. The summed E-state index contributed by atoms with van der Waals surface area (Å²) in [6.07, 6.45) is 1.85. The van der Waals surface area contributed by atoms with Gasteiger partial charge >= 0.3 is 0 Å². The smallest absolute Gasteiger partial charge is 0.142 e. The quantitative estimate of drug-likeness (QED) is 0.916. The van der Waals surface area contributed by atoms with Gasteiger partial charge in [-0.1, -0.05) is 6.92 Å². The molecule has 1 aliphatic rings. The number of hydrogen-bond acceptors (Lipinski definition) is 4. The van der Waals surface area contributed by atoms with E-state index in [4.69, 9.17) is 5.73 Å². The number of anilines is 1. The molecule has 4 nitrogen and oxygen atoms in total. The third-order valence-electron chi connectivity index (χ3n) is 3.38. The van der Waals surface area contributed by atoms with Gasteiger partial charge in [0.2, 0.25) is 0 Å². The van der Waals surface area contributed by atoms with Crippen LogP contribution in [0.3, 0.4) is 0 Å². The lowest BCUT2D eigenvalue weighted by atomic mass is 10.1. The third-order valence-corrected chi connectivity index (χ3v) is 4.00. The average Bonchev–Trinajstić information content (AvgIpc) is 2.40. The molecule has 0 radical (unpaired) electrons. The van der Waals surface area contributed by atoms with E-state index in [1.165, 1.54) is 0 Å². The second-order valence-electron chi connectivity index (χ2n) is 4.94. The second kappa shape index (κ2) is 6.50. The van der Waals surface area contributed by atoms with Gasteiger partial charge < -0.3 is 10.6 Å². The van der Waals surface area contributed by atoms with Crippen LogP contribution in [0.4, 0.5) is 5.82 Å². The van der Waals surface area contributed by atoms with Crippen molar-refractivity contribution in [3.63, 3.8) is 0 Å². The van der Waals surface area contributed by atoms with Gasteiger partial charge in [0.1, 0.15) is 5.82 Å². The Labute approximate surface area is 117 Å². The zero-order valence-electron chi connectivity index (χ0n) is 10.8. The molecule has 0 saturated carbocycles. The predicted molar refractivity (Wildman–Crippen MR) is 78.8 cm³/mol. The van der Waals surface area contributed by atoms with Gasteiger partial charge in [-0.15, -0.1) is 0 Å². The molecule has 0 amide bonds. The first-order valence-corrected chi connectivity index (χ1v) is 7.28. The van der Waals surface area contributed by atoms with Crippen LogP contribution in [0.1, 0.15) is 6.92 Å². The van der Waals surface area contributed by atoms with Crippen molar-refractivity contribution in [1.82, 2.24) is 9.88 Å². The van der Waals surface area contributed by atoms with E-state index in [0.717, 1.165) is 49.6 Å². The van der Waals surface area contributed by atoms with Crippen molar-refractivity contribution in [3.8, 4) is 0 Å². The van der Waals surface area contributed by atoms with Crippen LogP contribution in [-0.4, -0.2) is 49.2 Å². The normalized spacial score (nSPS) is 18.9. The standard InChI is InChI=1S/C13H21BrN4/c1-11(9-15)10-17-5-7-18(8-6-17)13-12(14)3-2-4-16-13/h2-4,11H,5-10,15H2,1H3. The molecular formula is C13H21BrN4. The second-order valence-corrected chi connectivity index (χ2v) is 5.79. The first-order chi connectivity index (χ1) is 8.70. The highest BCUT2D eigenvalue weighted by Crippen LogP contribution is 2.23. The van der Waals surface area contributed by atoms with Crippen molar-refractivity contribution in [2.45, 2.75) is 6.92 Å². The maximum absolute atomic E-state index is 5.67. The van der Waals surface area contributed by atoms with Gasteiger partial charge in [0.05, 0.1) is 4.47 Å². The molecule has 18 heavy (non-hydrogen) atoms. The summed E-state index contributed by atoms with van der Waals surface area (Å²) in [5.74, 6) is 1.64. The number of pyridine rings is 1. The van der Waals surface area contributed by atoms with E-state index in [9.17, 15) is 0 Å². The largest absolute Gasteiger partial charge is 0.353 e. The van der Waals surface area contributed by atoms with Crippen LogP contribution < -0.4 is 10.6 Å². The molecule has 5 heteroatoms. The average molecular weight is 313 g/mol. The van der Waals surface area contributed by atoms with Crippen LogP contribution in [0.5, 0.6) is 0 Å². The highest BCUT2D eigenvalue weighted by atomic mass is 79.9. The number of rotatable bonds is 4. The Hall–Kier alpha value is -0.650. The lowest BCUT2D eigenvalue weighted by Gasteiger charge is -2.36. The predicted octanol–water partition coefficient (Wildman–Crippen LogP) is 1.56. The topological polar surface area (TPSA) is 45.4 Å². The Kier molecular flexibility index (Phi) is 4.97. The van der Waals surface area contributed by atoms with Crippen molar-refractivity contribution in [1.29, 1.82) is 0 Å². The van der Waals surface area contributed by atoms with Gasteiger partial charge in [-0.05, 0) is 40.5 Å². The highest BCUT2D eigenvalue weighted by molar-refractivity contribution is 9.10. The Bertz CT molecular complexity index is 377. The molecule has 2 heterocycles. The Balaban J connectivity index is 1.89. The van der Waals surface area contributed by atoms with Gasteiger partial charge in [0.15, 0.2) is 0 Å². The van der Waals surface area contributed by atoms with Crippen LogP contribution in [-0.2, 0) is 0 Å². The molecular weight excluding hydrogens is 292 g/mol. The zero-order chi connectivity index (χ0) is 13.0. The molecule has 2 rings (SSSR count). The number of halogens is 1. The summed E-state index contributed by atoms with van der Waals surface area (Å²) >= 11 is 3.56. The fourth-order valence-corrected chi connectivity index (χ4v) is 2.77. The van der Waals surface area contributed by atoms with Crippen LogP contribution in [0.25, 0.3) is 0 Å². The monoisotopic (exact) mass is 312 g/mol. The van der Waals surface area contributed by atoms with Gasteiger partial charge in [-0.25, -0.2) is 4.98 Å². The summed E-state index contributed by atoms with van der Waals surface area (Å²) in [5, 5.41) is 0. The van der Waals surface area contributed by atoms with Gasteiger partial charge in [-0.2, -0.15) is 0 Å². The third kappa shape index (κ3) is 3.43. The van der Waals surface area contributed by atoms with Crippen molar-refractivity contribution < 1.29 is 0 Å². The maximum atomic E-state index is 5.67. The molecule has 1 aromatic heterocycles. The SMILES string of the molecule is CC(CN)CN1CCN(c2ncccc2Br)CC1. The summed E-state index contributed by atoms with van der Waals surface area (Å²) < 4.78 is 1.08. The van der Waals surface area contributed by atoms with E-state index in [1.54, 1.807) is 0 Å². The van der Waals surface area contributed by atoms with E-state index in [0.29, 0.717) is 5.92 Å². The summed E-state index contributed by atoms with van der Waals surface area (Å²) in [5.41, 5.74) is 5.67. The first-order valence-electron chi connectivity index (χ1n) is 6.48. The number of hydrogen-bond donors (Lipinski definition) is 1. The lowest BCUT2D eigenvalue weighted by Crippen LogP contribution is -2.48. The Morgan fingerprint density at radius 2 is 2.11 bits per heavy atom. The van der Waals surface area contributed by atoms with Crippen LogP contribution in [0.15, 0.2) is 22.8 Å². The minimum Gasteiger partial charge on any atom is -0.353 e. The Morgan fingerprint density at radius 3 is 2.72 bits per heavy atom. The molecule has 1 aliphatic heterocycles. The minimum absolute atomic E-state index is 0.582. The molecule has 0 aromatic carbocycles. The van der Waals surface area contributed by atoms with Gasteiger partial charge in [0.25, 0.3) is 0 Å². The van der Waals surface area contributed by atoms with E-state index >= 15 is 0 Å². The molecule has 1 unspecified atom stereocenters. The highest BCUT2D eigenvalue weighted by Gasteiger charge is 2.20. The Morgan fingerprint density at radius 1 is 1.39 bits per heavy atom. The molecule has 1 saturated heterocycles. The summed E-state index contributed by atoms with van der Waals surface area (Å²) in [6.45, 7) is 8.34. The number of nitrogens with zero attached hydrogens (tertiary/aromatic N) is 3. The fraction of sp³-hybridized carbons (Fsp3) is 0.615. The van der Waals surface area contributed by atoms with E-state index in [1.807, 2.05) is 18.3 Å². The molecule has 1 aromatic rings. The van der Waals surface area contributed by atoms with Crippen molar-refractivity contribution in [3.05, 3.63) is 22.8 Å². The van der Waals surface area contributed by atoms with Crippen LogP contribution in [0.2, 0.25) is 0 Å². The van der Waals surface area contributed by atoms with Gasteiger partial charge in [-0.3, -0.25) is 4.90 Å². The molecule has 1 fully saturated rings. The van der Waals surface area contributed by atoms with Crippen molar-refractivity contribution in [2.75, 3.05) is 44.2 Å². The summed E-state index contributed by atoms with van der Waals surface area (Å²) in [7, 11) is 0. The molecule has 0 bridgehead atoms.